The monoisotopic (exact) mass is 332 g/mol. The molecule has 1 saturated carbocycles. The SMILES string of the molecule is O=Cc1c(N2CCCCC2)n(C23C=CCC=CC2C3)c2ccccc12. The van der Waals surface area contributed by atoms with Gasteiger partial charge in [-0.25, -0.2) is 0 Å². The van der Waals surface area contributed by atoms with Crippen LogP contribution in [0.15, 0.2) is 48.6 Å². The van der Waals surface area contributed by atoms with Crippen LogP contribution in [0, 0.1) is 5.92 Å². The van der Waals surface area contributed by atoms with E-state index in [1.54, 1.807) is 0 Å². The van der Waals surface area contributed by atoms with E-state index in [9.17, 15) is 4.79 Å². The fourth-order valence-electron chi connectivity index (χ4n) is 4.85. The van der Waals surface area contributed by atoms with E-state index in [0.717, 1.165) is 49.0 Å². The molecular formula is C22H24N2O. The Balaban J connectivity index is 1.79. The first-order chi connectivity index (χ1) is 12.3. The molecule has 1 aromatic heterocycles. The van der Waals surface area contributed by atoms with Gasteiger partial charge in [-0.2, -0.15) is 0 Å². The summed E-state index contributed by atoms with van der Waals surface area (Å²) in [6.45, 7) is 2.11. The van der Waals surface area contributed by atoms with Gasteiger partial charge in [-0.05, 0) is 38.2 Å². The highest BCUT2D eigenvalue weighted by molar-refractivity contribution is 6.04. The molecule has 0 radical (unpaired) electrons. The topological polar surface area (TPSA) is 25.2 Å². The number of rotatable bonds is 3. The third kappa shape index (κ3) is 2.14. The Labute approximate surface area is 148 Å². The Morgan fingerprint density at radius 2 is 1.92 bits per heavy atom. The molecule has 2 atom stereocenters. The molecule has 0 amide bonds. The maximum Gasteiger partial charge on any atom is 0.154 e. The van der Waals surface area contributed by atoms with Crippen LogP contribution >= 0.6 is 0 Å². The maximum absolute atomic E-state index is 12.1. The predicted molar refractivity (Wildman–Crippen MR) is 102 cm³/mol. The Morgan fingerprint density at radius 1 is 1.08 bits per heavy atom. The standard InChI is InChI=1S/C22H24N2O/c25-16-19-18-10-4-5-11-20(18)24(21(19)23-13-7-2-8-14-23)22-12-6-1-3-9-17(22)15-22/h3-6,9-12,16-17H,1-2,7-8,13-15H2. The number of para-hydroxylation sites is 1. The predicted octanol–water partition coefficient (Wildman–Crippen LogP) is 4.68. The number of carbonyl (C=O) groups excluding carboxylic acids is 1. The van der Waals surface area contributed by atoms with Crippen molar-refractivity contribution in [3.8, 4) is 0 Å². The van der Waals surface area contributed by atoms with E-state index in [1.807, 2.05) is 6.07 Å². The average Bonchev–Trinajstić information content (AvgIpc) is 3.29. The molecule has 0 spiro atoms. The first-order valence-corrected chi connectivity index (χ1v) is 9.53. The fraction of sp³-hybridized carbons (Fsp3) is 0.409. The zero-order chi connectivity index (χ0) is 16.9. The van der Waals surface area contributed by atoms with Gasteiger partial charge in [0.1, 0.15) is 5.82 Å². The summed E-state index contributed by atoms with van der Waals surface area (Å²) in [5.41, 5.74) is 2.09. The van der Waals surface area contributed by atoms with Crippen LogP contribution < -0.4 is 4.90 Å². The number of aldehydes is 1. The second kappa shape index (κ2) is 5.62. The van der Waals surface area contributed by atoms with Gasteiger partial charge in [0.2, 0.25) is 0 Å². The Bertz CT molecular complexity index is 885. The van der Waals surface area contributed by atoms with E-state index < -0.39 is 0 Å². The van der Waals surface area contributed by atoms with Crippen LogP contribution in [0.3, 0.4) is 0 Å². The molecule has 25 heavy (non-hydrogen) atoms. The van der Waals surface area contributed by atoms with Gasteiger partial charge >= 0.3 is 0 Å². The van der Waals surface area contributed by atoms with Crippen LogP contribution in [0.4, 0.5) is 5.82 Å². The highest BCUT2D eigenvalue weighted by Gasteiger charge is 2.54. The Hall–Kier alpha value is -2.29. The number of hydrogen-bond acceptors (Lipinski definition) is 2. The van der Waals surface area contributed by atoms with E-state index in [2.05, 4.69) is 52.0 Å². The summed E-state index contributed by atoms with van der Waals surface area (Å²) in [5, 5.41) is 1.10. The van der Waals surface area contributed by atoms with Crippen molar-refractivity contribution in [1.82, 2.24) is 4.57 Å². The van der Waals surface area contributed by atoms with Crippen molar-refractivity contribution in [3.05, 3.63) is 54.1 Å². The van der Waals surface area contributed by atoms with Crippen LogP contribution in [-0.4, -0.2) is 23.9 Å². The zero-order valence-corrected chi connectivity index (χ0v) is 14.5. The van der Waals surface area contributed by atoms with Gasteiger partial charge in [0.05, 0.1) is 16.6 Å². The van der Waals surface area contributed by atoms with Crippen molar-refractivity contribution in [3.63, 3.8) is 0 Å². The third-order valence-corrected chi connectivity index (χ3v) is 6.15. The number of carbonyl (C=O) groups is 1. The number of allylic oxidation sites excluding steroid dienone is 4. The summed E-state index contributed by atoms with van der Waals surface area (Å²) in [7, 11) is 0. The highest BCUT2D eigenvalue weighted by Crippen LogP contribution is 2.57. The molecule has 2 unspecified atom stereocenters. The molecule has 1 aliphatic heterocycles. The Morgan fingerprint density at radius 3 is 2.76 bits per heavy atom. The van der Waals surface area contributed by atoms with Crippen LogP contribution in [0.2, 0.25) is 0 Å². The van der Waals surface area contributed by atoms with Crippen molar-refractivity contribution in [2.45, 2.75) is 37.6 Å². The number of hydrogen-bond donors (Lipinski definition) is 0. The lowest BCUT2D eigenvalue weighted by atomic mass is 10.1. The molecule has 1 saturated heterocycles. The van der Waals surface area contributed by atoms with Gasteiger partial charge in [0.25, 0.3) is 0 Å². The molecule has 0 bridgehead atoms. The number of piperidine rings is 1. The van der Waals surface area contributed by atoms with E-state index in [-0.39, 0.29) is 5.54 Å². The van der Waals surface area contributed by atoms with Crippen LogP contribution in [0.5, 0.6) is 0 Å². The van der Waals surface area contributed by atoms with Gasteiger partial charge in [-0.3, -0.25) is 4.79 Å². The van der Waals surface area contributed by atoms with Crippen molar-refractivity contribution in [1.29, 1.82) is 0 Å². The van der Waals surface area contributed by atoms with Crippen molar-refractivity contribution in [2.24, 2.45) is 5.92 Å². The molecule has 3 heteroatoms. The number of fused-ring (bicyclic) bond motifs is 2. The quantitative estimate of drug-likeness (QED) is 0.602. The number of benzene rings is 1. The fourth-order valence-corrected chi connectivity index (χ4v) is 4.85. The van der Waals surface area contributed by atoms with Gasteiger partial charge in [-0.15, -0.1) is 0 Å². The van der Waals surface area contributed by atoms with Gasteiger partial charge in [0.15, 0.2) is 6.29 Å². The van der Waals surface area contributed by atoms with Gasteiger partial charge in [0, 0.05) is 24.4 Å². The molecule has 3 aliphatic rings. The van der Waals surface area contributed by atoms with Crippen LogP contribution in [-0.2, 0) is 5.54 Å². The largest absolute Gasteiger partial charge is 0.357 e. The summed E-state index contributed by atoms with van der Waals surface area (Å²) in [4.78, 5) is 14.6. The highest BCUT2D eigenvalue weighted by atomic mass is 16.1. The molecular weight excluding hydrogens is 308 g/mol. The van der Waals surface area contributed by atoms with E-state index in [0.29, 0.717) is 5.92 Å². The molecule has 2 heterocycles. The number of anilines is 1. The van der Waals surface area contributed by atoms with Gasteiger partial charge in [-0.1, -0.05) is 42.5 Å². The molecule has 0 N–H and O–H groups in total. The molecule has 3 nitrogen and oxygen atoms in total. The molecule has 1 aromatic carbocycles. The number of nitrogens with zero attached hydrogens (tertiary/aromatic N) is 2. The maximum atomic E-state index is 12.1. The molecule has 2 aliphatic carbocycles. The molecule has 128 valence electrons. The van der Waals surface area contributed by atoms with E-state index in [1.165, 1.54) is 24.8 Å². The number of aromatic nitrogens is 1. The minimum atomic E-state index is 0.0145. The van der Waals surface area contributed by atoms with Crippen molar-refractivity contribution in [2.75, 3.05) is 18.0 Å². The van der Waals surface area contributed by atoms with Crippen LogP contribution in [0.25, 0.3) is 10.9 Å². The average molecular weight is 332 g/mol. The first kappa shape index (κ1) is 15.0. The second-order valence-corrected chi connectivity index (χ2v) is 7.62. The molecule has 2 fully saturated rings. The summed E-state index contributed by atoms with van der Waals surface area (Å²) in [6, 6.07) is 8.43. The minimum Gasteiger partial charge on any atom is -0.357 e. The van der Waals surface area contributed by atoms with Crippen molar-refractivity contribution >= 4 is 23.0 Å². The zero-order valence-electron chi connectivity index (χ0n) is 14.5. The smallest absolute Gasteiger partial charge is 0.154 e. The van der Waals surface area contributed by atoms with E-state index in [4.69, 9.17) is 0 Å². The first-order valence-electron chi connectivity index (χ1n) is 9.53. The van der Waals surface area contributed by atoms with Crippen LogP contribution in [0.1, 0.15) is 42.5 Å². The molecule has 5 rings (SSSR count). The Kier molecular flexibility index (Phi) is 3.37. The lowest BCUT2D eigenvalue weighted by molar-refractivity contribution is 0.112. The second-order valence-electron chi connectivity index (χ2n) is 7.62. The third-order valence-electron chi connectivity index (χ3n) is 6.15. The van der Waals surface area contributed by atoms with Crippen molar-refractivity contribution < 1.29 is 4.79 Å². The minimum absolute atomic E-state index is 0.0145. The summed E-state index contributed by atoms with van der Waals surface area (Å²) in [6.07, 6.45) is 16.3. The lowest BCUT2D eigenvalue weighted by Crippen LogP contribution is -2.34. The summed E-state index contributed by atoms with van der Waals surface area (Å²) < 4.78 is 2.49. The van der Waals surface area contributed by atoms with E-state index >= 15 is 0 Å². The normalized spacial score (nSPS) is 28.0. The summed E-state index contributed by atoms with van der Waals surface area (Å²) in [5.74, 6) is 1.70. The van der Waals surface area contributed by atoms with Gasteiger partial charge < -0.3 is 9.47 Å². The summed E-state index contributed by atoms with van der Waals surface area (Å²) >= 11 is 0. The molecule has 2 aromatic rings. The lowest BCUT2D eigenvalue weighted by Gasteiger charge is -2.32.